The molecule has 1 aromatic carbocycles. The summed E-state index contributed by atoms with van der Waals surface area (Å²) in [5, 5.41) is 12.9. The molecule has 2 amide bonds. The number of carbonyl (C=O) groups is 2. The van der Waals surface area contributed by atoms with Crippen LogP contribution in [0.4, 0.5) is 5.13 Å². The summed E-state index contributed by atoms with van der Waals surface area (Å²) in [7, 11) is 0. The first-order valence-electron chi connectivity index (χ1n) is 8.25. The van der Waals surface area contributed by atoms with E-state index in [1.165, 1.54) is 11.3 Å². The van der Waals surface area contributed by atoms with Gasteiger partial charge in [0.15, 0.2) is 0 Å². The fourth-order valence-corrected chi connectivity index (χ4v) is 3.58. The van der Waals surface area contributed by atoms with Gasteiger partial charge in [-0.3, -0.25) is 9.59 Å². The summed E-state index contributed by atoms with van der Waals surface area (Å²) in [5.41, 5.74) is 0.619. The van der Waals surface area contributed by atoms with E-state index in [0.717, 1.165) is 11.4 Å². The Bertz CT molecular complexity index is 754. The van der Waals surface area contributed by atoms with Crippen molar-refractivity contribution in [2.45, 2.75) is 26.2 Å². The number of anilines is 1. The van der Waals surface area contributed by atoms with Gasteiger partial charge in [0.25, 0.3) is 5.91 Å². The van der Waals surface area contributed by atoms with E-state index >= 15 is 0 Å². The number of likely N-dealkylation sites (tertiary alicyclic amines) is 1. The fourth-order valence-electron chi connectivity index (χ4n) is 2.77. The maximum absolute atomic E-state index is 12.5. The average molecular weight is 379 g/mol. The highest BCUT2D eigenvalue weighted by Crippen LogP contribution is 2.23. The van der Waals surface area contributed by atoms with Crippen LogP contribution in [0.2, 0.25) is 5.02 Å². The zero-order valence-corrected chi connectivity index (χ0v) is 15.4. The van der Waals surface area contributed by atoms with E-state index in [1.54, 1.807) is 29.2 Å². The Morgan fingerprint density at radius 1 is 1.24 bits per heavy atom. The molecule has 3 rings (SSSR count). The van der Waals surface area contributed by atoms with Gasteiger partial charge in [0.2, 0.25) is 11.0 Å². The summed E-state index contributed by atoms with van der Waals surface area (Å²) in [6.07, 6.45) is 2.09. The molecule has 1 aromatic heterocycles. The molecule has 0 saturated carbocycles. The van der Waals surface area contributed by atoms with E-state index in [1.807, 2.05) is 6.92 Å². The summed E-state index contributed by atoms with van der Waals surface area (Å²) in [6, 6.07) is 6.87. The first-order chi connectivity index (χ1) is 12.1. The molecule has 1 aliphatic rings. The first-order valence-corrected chi connectivity index (χ1v) is 9.44. The molecule has 1 saturated heterocycles. The highest BCUT2D eigenvalue weighted by Gasteiger charge is 2.28. The van der Waals surface area contributed by atoms with Crippen LogP contribution in [0.1, 0.15) is 35.1 Å². The third kappa shape index (κ3) is 4.35. The predicted molar refractivity (Wildman–Crippen MR) is 98.0 cm³/mol. The summed E-state index contributed by atoms with van der Waals surface area (Å²) in [4.78, 5) is 26.6. The number of piperidine rings is 1. The molecule has 0 unspecified atom stereocenters. The first kappa shape index (κ1) is 17.8. The lowest BCUT2D eigenvalue weighted by Gasteiger charge is -2.31. The molecule has 1 N–H and O–H groups in total. The van der Waals surface area contributed by atoms with Crippen molar-refractivity contribution in [2.24, 2.45) is 5.92 Å². The predicted octanol–water partition coefficient (Wildman–Crippen LogP) is 3.24. The van der Waals surface area contributed by atoms with E-state index < -0.39 is 0 Å². The maximum atomic E-state index is 12.5. The van der Waals surface area contributed by atoms with E-state index in [2.05, 4.69) is 15.5 Å². The van der Waals surface area contributed by atoms with Crippen molar-refractivity contribution in [3.63, 3.8) is 0 Å². The van der Waals surface area contributed by atoms with Crippen LogP contribution in [0.3, 0.4) is 0 Å². The number of nitrogens with one attached hydrogen (secondary N) is 1. The monoisotopic (exact) mass is 378 g/mol. The summed E-state index contributed by atoms with van der Waals surface area (Å²) in [6.45, 7) is 3.13. The van der Waals surface area contributed by atoms with Crippen LogP contribution in [0.15, 0.2) is 24.3 Å². The lowest BCUT2D eigenvalue weighted by Crippen LogP contribution is -2.41. The highest BCUT2D eigenvalue weighted by atomic mass is 35.5. The number of hydrogen-bond acceptors (Lipinski definition) is 5. The van der Waals surface area contributed by atoms with E-state index in [4.69, 9.17) is 11.6 Å². The van der Waals surface area contributed by atoms with Crippen LogP contribution < -0.4 is 5.32 Å². The summed E-state index contributed by atoms with van der Waals surface area (Å²) >= 11 is 7.25. The van der Waals surface area contributed by atoms with Crippen molar-refractivity contribution in [1.29, 1.82) is 0 Å². The number of aromatic nitrogens is 2. The normalized spacial score (nSPS) is 15.2. The standard InChI is InChI=1S/C17H19ClN4O2S/c1-2-14-20-21-17(25-14)19-15(23)11-7-9-22(10-8-11)16(24)12-3-5-13(18)6-4-12/h3-6,11H,2,7-10H2,1H3,(H,19,21,23). The Hall–Kier alpha value is -1.99. The molecule has 1 fully saturated rings. The minimum absolute atomic E-state index is 0.0211. The lowest BCUT2D eigenvalue weighted by atomic mass is 9.95. The van der Waals surface area contributed by atoms with Crippen molar-refractivity contribution in [3.8, 4) is 0 Å². The topological polar surface area (TPSA) is 75.2 Å². The van der Waals surface area contributed by atoms with E-state index in [-0.39, 0.29) is 17.7 Å². The van der Waals surface area contributed by atoms with Gasteiger partial charge in [0, 0.05) is 29.6 Å². The number of benzene rings is 1. The molecule has 0 atom stereocenters. The van der Waals surface area contributed by atoms with Gasteiger partial charge in [-0.25, -0.2) is 0 Å². The van der Waals surface area contributed by atoms with Crippen LogP contribution in [-0.2, 0) is 11.2 Å². The Balaban J connectivity index is 1.53. The molecule has 6 nitrogen and oxygen atoms in total. The summed E-state index contributed by atoms with van der Waals surface area (Å²) in [5.74, 6) is -0.173. The Morgan fingerprint density at radius 2 is 1.92 bits per heavy atom. The van der Waals surface area contributed by atoms with Gasteiger partial charge in [0.1, 0.15) is 5.01 Å². The molecule has 0 radical (unpaired) electrons. The van der Waals surface area contributed by atoms with Crippen molar-refractivity contribution in [2.75, 3.05) is 18.4 Å². The largest absolute Gasteiger partial charge is 0.339 e. The quantitative estimate of drug-likeness (QED) is 0.886. The molecule has 2 aromatic rings. The number of rotatable bonds is 4. The number of nitrogens with zero attached hydrogens (tertiary/aromatic N) is 3. The highest BCUT2D eigenvalue weighted by molar-refractivity contribution is 7.15. The molecular formula is C17H19ClN4O2S. The molecule has 2 heterocycles. The Morgan fingerprint density at radius 3 is 2.52 bits per heavy atom. The molecule has 132 valence electrons. The maximum Gasteiger partial charge on any atom is 0.253 e. The minimum Gasteiger partial charge on any atom is -0.339 e. The SMILES string of the molecule is CCc1nnc(NC(=O)C2CCN(C(=O)c3ccc(Cl)cc3)CC2)s1. The van der Waals surface area contributed by atoms with E-state index in [0.29, 0.717) is 41.6 Å². The number of halogens is 1. The Labute approximate surface area is 155 Å². The lowest BCUT2D eigenvalue weighted by molar-refractivity contribution is -0.121. The average Bonchev–Trinajstić information content (AvgIpc) is 3.09. The molecule has 8 heteroatoms. The van der Waals surface area contributed by atoms with Gasteiger partial charge in [-0.05, 0) is 43.5 Å². The van der Waals surface area contributed by atoms with Gasteiger partial charge in [-0.1, -0.05) is 29.9 Å². The van der Waals surface area contributed by atoms with Crippen LogP contribution in [0.5, 0.6) is 0 Å². The van der Waals surface area contributed by atoms with Gasteiger partial charge in [-0.15, -0.1) is 10.2 Å². The zero-order valence-electron chi connectivity index (χ0n) is 13.9. The smallest absolute Gasteiger partial charge is 0.253 e. The van der Waals surface area contributed by atoms with Gasteiger partial charge in [-0.2, -0.15) is 0 Å². The van der Waals surface area contributed by atoms with Gasteiger partial charge in [0.05, 0.1) is 0 Å². The number of amides is 2. The van der Waals surface area contributed by atoms with Gasteiger partial charge < -0.3 is 10.2 Å². The second-order valence-corrected chi connectivity index (χ2v) is 7.42. The van der Waals surface area contributed by atoms with E-state index in [9.17, 15) is 9.59 Å². The zero-order chi connectivity index (χ0) is 17.8. The fraction of sp³-hybridized carbons (Fsp3) is 0.412. The van der Waals surface area contributed by atoms with Crippen molar-refractivity contribution in [3.05, 3.63) is 39.9 Å². The number of carbonyl (C=O) groups excluding carboxylic acids is 2. The second kappa shape index (κ2) is 7.93. The van der Waals surface area contributed by atoms with Crippen molar-refractivity contribution < 1.29 is 9.59 Å². The third-order valence-electron chi connectivity index (χ3n) is 4.24. The number of aryl methyl sites for hydroxylation is 1. The van der Waals surface area contributed by atoms with Crippen LogP contribution in [0.25, 0.3) is 0 Å². The molecule has 0 bridgehead atoms. The third-order valence-corrected chi connectivity index (χ3v) is 5.48. The van der Waals surface area contributed by atoms with Crippen LogP contribution >= 0.6 is 22.9 Å². The van der Waals surface area contributed by atoms with Crippen molar-refractivity contribution in [1.82, 2.24) is 15.1 Å². The van der Waals surface area contributed by atoms with Crippen molar-refractivity contribution >= 4 is 39.9 Å². The summed E-state index contributed by atoms with van der Waals surface area (Å²) < 4.78 is 0. The minimum atomic E-state index is -0.108. The molecule has 0 aliphatic carbocycles. The molecule has 0 spiro atoms. The number of hydrogen-bond donors (Lipinski definition) is 1. The molecular weight excluding hydrogens is 360 g/mol. The van der Waals surface area contributed by atoms with Crippen LogP contribution in [0, 0.1) is 5.92 Å². The molecule has 1 aliphatic heterocycles. The van der Waals surface area contributed by atoms with Gasteiger partial charge >= 0.3 is 0 Å². The molecule has 25 heavy (non-hydrogen) atoms. The second-order valence-electron chi connectivity index (χ2n) is 5.92. The van der Waals surface area contributed by atoms with Crippen LogP contribution in [-0.4, -0.2) is 40.0 Å². The Kier molecular flexibility index (Phi) is 5.65.